The van der Waals surface area contributed by atoms with Crippen LogP contribution in [0.1, 0.15) is 25.0 Å². The molecule has 0 saturated heterocycles. The Balaban J connectivity index is 2.26. The van der Waals surface area contributed by atoms with Crippen molar-refractivity contribution in [3.05, 3.63) is 41.9 Å². The van der Waals surface area contributed by atoms with Gasteiger partial charge in [-0.3, -0.25) is 0 Å². The summed E-state index contributed by atoms with van der Waals surface area (Å²) >= 11 is 0. The van der Waals surface area contributed by atoms with E-state index in [-0.39, 0.29) is 16.9 Å². The van der Waals surface area contributed by atoms with Crippen LogP contribution in [0.5, 0.6) is 0 Å². The quantitative estimate of drug-likeness (QED) is 0.797. The van der Waals surface area contributed by atoms with Crippen LogP contribution in [0.3, 0.4) is 0 Å². The molecule has 1 aromatic carbocycles. The molecule has 0 radical (unpaired) electrons. The van der Waals surface area contributed by atoms with E-state index in [1.165, 1.54) is 13.4 Å². The molecule has 0 spiro atoms. The molecule has 1 heterocycles. The lowest BCUT2D eigenvalue weighted by Crippen LogP contribution is -2.31. The molecule has 1 aliphatic rings. The number of rotatable bonds is 3. The van der Waals surface area contributed by atoms with Gasteiger partial charge < -0.3 is 0 Å². The van der Waals surface area contributed by atoms with Crippen LogP contribution >= 0.6 is 0 Å². The summed E-state index contributed by atoms with van der Waals surface area (Å²) in [6.07, 6.45) is 3.85. The van der Waals surface area contributed by atoms with Crippen molar-refractivity contribution in [1.82, 2.24) is 14.3 Å². The molecule has 0 fully saturated rings. The van der Waals surface area contributed by atoms with Gasteiger partial charge in [0, 0.05) is 24.4 Å². The van der Waals surface area contributed by atoms with Crippen LogP contribution < -0.4 is 0 Å². The Kier molecular flexibility index (Phi) is 3.90. The van der Waals surface area contributed by atoms with Crippen LogP contribution in [-0.4, -0.2) is 36.3 Å². The molecule has 0 atom stereocenters. The summed E-state index contributed by atoms with van der Waals surface area (Å²) in [6, 6.07) is 7.09. The van der Waals surface area contributed by atoms with Crippen LogP contribution in [-0.2, 0) is 21.9 Å². The standard InChI is InChI=1S/C17H18N4O2S/c1-17(2)9-13-12(16-14(17)10-19-11-20-16)5-4-6-15(13)24(22,23)21(3)8-7-18/h4-6,10-11H,8-9H2,1-3H3. The van der Waals surface area contributed by atoms with Gasteiger partial charge in [0.15, 0.2) is 0 Å². The van der Waals surface area contributed by atoms with E-state index in [0.717, 1.165) is 26.7 Å². The predicted molar refractivity (Wildman–Crippen MR) is 89.6 cm³/mol. The van der Waals surface area contributed by atoms with E-state index in [9.17, 15) is 8.42 Å². The molecule has 7 heteroatoms. The van der Waals surface area contributed by atoms with Crippen molar-refractivity contribution in [1.29, 1.82) is 5.26 Å². The summed E-state index contributed by atoms with van der Waals surface area (Å²) in [5.74, 6) is 0. The molecule has 0 N–H and O–H groups in total. The average molecular weight is 342 g/mol. The number of nitriles is 1. The molecule has 1 aliphatic carbocycles. The smallest absolute Gasteiger partial charge is 0.244 e. The molecule has 0 amide bonds. The summed E-state index contributed by atoms with van der Waals surface area (Å²) in [5.41, 5.74) is 3.08. The second-order valence-corrected chi connectivity index (χ2v) is 8.56. The normalized spacial score (nSPS) is 15.5. The van der Waals surface area contributed by atoms with Crippen molar-refractivity contribution in [2.45, 2.75) is 30.6 Å². The first-order chi connectivity index (χ1) is 11.3. The predicted octanol–water partition coefficient (Wildman–Crippen LogP) is 2.12. The van der Waals surface area contributed by atoms with E-state index in [4.69, 9.17) is 5.26 Å². The van der Waals surface area contributed by atoms with Crippen molar-refractivity contribution in [3.63, 3.8) is 0 Å². The van der Waals surface area contributed by atoms with E-state index in [2.05, 4.69) is 23.8 Å². The van der Waals surface area contributed by atoms with Crippen LogP contribution in [0.4, 0.5) is 0 Å². The maximum Gasteiger partial charge on any atom is 0.244 e. The number of fused-ring (bicyclic) bond motifs is 3. The Morgan fingerprint density at radius 3 is 2.83 bits per heavy atom. The molecule has 0 aliphatic heterocycles. The average Bonchev–Trinajstić information content (AvgIpc) is 2.54. The fraction of sp³-hybridized carbons (Fsp3) is 0.353. The maximum absolute atomic E-state index is 12.9. The van der Waals surface area contributed by atoms with E-state index in [1.807, 2.05) is 12.1 Å². The summed E-state index contributed by atoms with van der Waals surface area (Å²) in [4.78, 5) is 8.75. The number of sulfonamides is 1. The van der Waals surface area contributed by atoms with Gasteiger partial charge in [0.25, 0.3) is 0 Å². The number of hydrogen-bond acceptors (Lipinski definition) is 5. The minimum Gasteiger partial charge on any atom is -0.244 e. The lowest BCUT2D eigenvalue weighted by molar-refractivity contribution is 0.489. The Labute approximate surface area is 141 Å². The zero-order valence-corrected chi connectivity index (χ0v) is 14.6. The van der Waals surface area contributed by atoms with Crippen molar-refractivity contribution in [2.24, 2.45) is 0 Å². The lowest BCUT2D eigenvalue weighted by Gasteiger charge is -2.34. The van der Waals surface area contributed by atoms with Gasteiger partial charge in [-0.1, -0.05) is 26.0 Å². The fourth-order valence-electron chi connectivity index (χ4n) is 3.14. The van der Waals surface area contributed by atoms with Crippen molar-refractivity contribution in [2.75, 3.05) is 13.6 Å². The summed E-state index contributed by atoms with van der Waals surface area (Å²) in [7, 11) is -2.31. The second kappa shape index (κ2) is 5.65. The minimum atomic E-state index is -3.73. The number of aromatic nitrogens is 2. The van der Waals surface area contributed by atoms with Crippen LogP contribution in [0.15, 0.2) is 35.6 Å². The highest BCUT2D eigenvalue weighted by Crippen LogP contribution is 2.43. The van der Waals surface area contributed by atoms with Gasteiger partial charge >= 0.3 is 0 Å². The highest BCUT2D eigenvalue weighted by atomic mass is 32.2. The molecular formula is C17H18N4O2S. The van der Waals surface area contributed by atoms with Crippen LogP contribution in [0, 0.1) is 11.3 Å². The molecular weight excluding hydrogens is 324 g/mol. The van der Waals surface area contributed by atoms with E-state index < -0.39 is 10.0 Å². The van der Waals surface area contributed by atoms with Gasteiger partial charge in [0.05, 0.1) is 16.7 Å². The molecule has 0 bridgehead atoms. The van der Waals surface area contributed by atoms with Crippen molar-refractivity contribution >= 4 is 10.0 Å². The molecule has 6 nitrogen and oxygen atoms in total. The molecule has 124 valence electrons. The largest absolute Gasteiger partial charge is 0.244 e. The third kappa shape index (κ3) is 2.48. The Bertz CT molecular complexity index is 945. The summed E-state index contributed by atoms with van der Waals surface area (Å²) in [5, 5.41) is 8.83. The number of hydrogen-bond donors (Lipinski definition) is 0. The monoisotopic (exact) mass is 342 g/mol. The first kappa shape index (κ1) is 16.6. The van der Waals surface area contributed by atoms with Gasteiger partial charge in [-0.05, 0) is 23.5 Å². The van der Waals surface area contributed by atoms with Crippen molar-refractivity contribution < 1.29 is 8.42 Å². The van der Waals surface area contributed by atoms with Crippen LogP contribution in [0.2, 0.25) is 0 Å². The molecule has 3 rings (SSSR count). The van der Waals surface area contributed by atoms with Gasteiger partial charge in [0.1, 0.15) is 12.9 Å². The third-order valence-corrected chi connectivity index (χ3v) is 6.32. The van der Waals surface area contributed by atoms with Gasteiger partial charge in [-0.25, -0.2) is 18.4 Å². The first-order valence-electron chi connectivity index (χ1n) is 7.55. The van der Waals surface area contributed by atoms with E-state index in [0.29, 0.717) is 6.42 Å². The van der Waals surface area contributed by atoms with Gasteiger partial charge in [-0.15, -0.1) is 0 Å². The van der Waals surface area contributed by atoms with Gasteiger partial charge in [0.2, 0.25) is 10.0 Å². The van der Waals surface area contributed by atoms with Gasteiger partial charge in [-0.2, -0.15) is 9.57 Å². The van der Waals surface area contributed by atoms with E-state index >= 15 is 0 Å². The van der Waals surface area contributed by atoms with Crippen molar-refractivity contribution in [3.8, 4) is 17.3 Å². The summed E-state index contributed by atoms with van der Waals surface area (Å²) in [6.45, 7) is 3.93. The summed E-state index contributed by atoms with van der Waals surface area (Å²) < 4.78 is 26.8. The minimum absolute atomic E-state index is 0.186. The molecule has 1 aromatic heterocycles. The molecule has 0 saturated carbocycles. The SMILES string of the molecule is CN(CC#N)S(=O)(=O)c1cccc2c1CC(C)(C)c1cncnc1-2. The topological polar surface area (TPSA) is 87.0 Å². The second-order valence-electron chi connectivity index (χ2n) is 6.55. The zero-order chi connectivity index (χ0) is 17.5. The lowest BCUT2D eigenvalue weighted by atomic mass is 9.72. The first-order valence-corrected chi connectivity index (χ1v) is 8.99. The zero-order valence-electron chi connectivity index (χ0n) is 13.8. The Hall–Kier alpha value is -2.30. The highest BCUT2D eigenvalue weighted by molar-refractivity contribution is 7.89. The highest BCUT2D eigenvalue weighted by Gasteiger charge is 2.36. The number of benzene rings is 1. The third-order valence-electron chi connectivity index (χ3n) is 4.43. The Morgan fingerprint density at radius 1 is 1.38 bits per heavy atom. The number of nitrogens with zero attached hydrogens (tertiary/aromatic N) is 4. The maximum atomic E-state index is 12.9. The Morgan fingerprint density at radius 2 is 2.12 bits per heavy atom. The van der Waals surface area contributed by atoms with E-state index in [1.54, 1.807) is 18.3 Å². The fourth-order valence-corrected chi connectivity index (χ4v) is 4.45. The molecule has 24 heavy (non-hydrogen) atoms. The molecule has 2 aromatic rings. The van der Waals surface area contributed by atoms with Crippen LogP contribution in [0.25, 0.3) is 11.3 Å². The molecule has 0 unspecified atom stereocenters.